The van der Waals surface area contributed by atoms with E-state index in [1.165, 1.54) is 24.6 Å². The average Bonchev–Trinajstić information content (AvgIpc) is 3.02. The summed E-state index contributed by atoms with van der Waals surface area (Å²) in [5, 5.41) is 9.97. The Morgan fingerprint density at radius 3 is 2.70 bits per heavy atom. The molecular weight excluding hydrogens is 386 g/mol. The second kappa shape index (κ2) is 10.5. The van der Waals surface area contributed by atoms with E-state index in [9.17, 15) is 9.59 Å². The fourth-order valence-corrected chi connectivity index (χ4v) is 3.81. The molecule has 0 spiro atoms. The summed E-state index contributed by atoms with van der Waals surface area (Å²) in [6.45, 7) is 6.22. The number of hydrogen-bond acceptors (Lipinski definition) is 6. The fraction of sp³-hybridized carbons (Fsp3) is 0.647. The highest BCUT2D eigenvalue weighted by Crippen LogP contribution is 2.29. The van der Waals surface area contributed by atoms with Gasteiger partial charge in [0.15, 0.2) is 10.9 Å². The van der Waals surface area contributed by atoms with Gasteiger partial charge in [-0.15, -0.1) is 11.8 Å². The van der Waals surface area contributed by atoms with E-state index < -0.39 is 0 Å². The van der Waals surface area contributed by atoms with Crippen molar-refractivity contribution in [3.05, 3.63) is 11.8 Å². The molecule has 1 aliphatic carbocycles. The Kier molecular flexibility index (Phi) is 8.36. The molecule has 4 N–H and O–H groups in total. The number of amides is 2. The van der Waals surface area contributed by atoms with Crippen LogP contribution >= 0.6 is 24.0 Å². The second-order valence-electron chi connectivity index (χ2n) is 6.88. The van der Waals surface area contributed by atoms with Gasteiger partial charge in [0, 0.05) is 12.1 Å². The minimum Gasteiger partial charge on any atom is -0.360 e. The lowest BCUT2D eigenvalue weighted by Crippen LogP contribution is -2.52. The summed E-state index contributed by atoms with van der Waals surface area (Å²) in [7, 11) is 0. The summed E-state index contributed by atoms with van der Waals surface area (Å²) in [6.07, 6.45) is 3.51. The van der Waals surface area contributed by atoms with E-state index in [4.69, 9.17) is 16.7 Å². The highest BCUT2D eigenvalue weighted by molar-refractivity contribution is 8.00. The molecule has 8 nitrogen and oxygen atoms in total. The van der Waals surface area contributed by atoms with E-state index in [2.05, 4.69) is 40.5 Å². The van der Waals surface area contributed by atoms with Crippen LogP contribution in [0.4, 0.5) is 5.82 Å². The highest BCUT2D eigenvalue weighted by Gasteiger charge is 2.27. The lowest BCUT2D eigenvalue weighted by Gasteiger charge is -2.35. The van der Waals surface area contributed by atoms with E-state index in [1.807, 2.05) is 0 Å². The number of nitrogens with one attached hydrogen (secondary N) is 4. The number of anilines is 1. The largest absolute Gasteiger partial charge is 0.360 e. The molecule has 2 amide bonds. The zero-order valence-corrected chi connectivity index (χ0v) is 17.5. The minimum atomic E-state index is -0.251. The van der Waals surface area contributed by atoms with Crippen molar-refractivity contribution in [3.63, 3.8) is 0 Å². The van der Waals surface area contributed by atoms with Crippen molar-refractivity contribution in [2.45, 2.75) is 46.1 Å². The van der Waals surface area contributed by atoms with Crippen molar-refractivity contribution in [1.82, 2.24) is 21.3 Å². The maximum Gasteiger partial charge on any atom is 0.248 e. The smallest absolute Gasteiger partial charge is 0.248 e. The van der Waals surface area contributed by atoms with E-state index in [0.717, 1.165) is 6.42 Å². The quantitative estimate of drug-likeness (QED) is 0.414. The molecule has 10 heteroatoms. The number of hydrazine groups is 1. The fourth-order valence-electron chi connectivity index (χ4n) is 2.99. The Labute approximate surface area is 168 Å². The van der Waals surface area contributed by atoms with Crippen LogP contribution in [-0.4, -0.2) is 39.6 Å². The lowest BCUT2D eigenvalue weighted by molar-refractivity contribution is -0.119. The zero-order valence-electron chi connectivity index (χ0n) is 15.8. The molecule has 1 heterocycles. The van der Waals surface area contributed by atoms with Crippen LogP contribution < -0.4 is 21.5 Å². The van der Waals surface area contributed by atoms with E-state index in [-0.39, 0.29) is 23.3 Å². The van der Waals surface area contributed by atoms with Gasteiger partial charge in [0.2, 0.25) is 11.8 Å². The number of rotatable bonds is 6. The van der Waals surface area contributed by atoms with Crippen LogP contribution in [0.25, 0.3) is 0 Å². The molecule has 1 saturated carbocycles. The molecule has 0 radical (unpaired) electrons. The Balaban J connectivity index is 1.58. The summed E-state index contributed by atoms with van der Waals surface area (Å²) in [6, 6.07) is 1.95. The Bertz CT molecular complexity index is 667. The van der Waals surface area contributed by atoms with Gasteiger partial charge in [-0.2, -0.15) is 0 Å². The van der Waals surface area contributed by atoms with Gasteiger partial charge in [-0.05, 0) is 37.4 Å². The zero-order chi connectivity index (χ0) is 19.8. The third-order valence-electron chi connectivity index (χ3n) is 4.70. The minimum absolute atomic E-state index is 0.137. The molecule has 0 unspecified atom stereocenters. The van der Waals surface area contributed by atoms with Crippen molar-refractivity contribution in [1.29, 1.82) is 0 Å². The van der Waals surface area contributed by atoms with Gasteiger partial charge >= 0.3 is 0 Å². The lowest BCUT2D eigenvalue weighted by atomic mass is 9.78. The molecule has 3 atom stereocenters. The third-order valence-corrected chi connectivity index (χ3v) is 5.85. The van der Waals surface area contributed by atoms with Gasteiger partial charge < -0.3 is 15.2 Å². The highest BCUT2D eigenvalue weighted by atomic mass is 32.2. The van der Waals surface area contributed by atoms with Gasteiger partial charge in [-0.1, -0.05) is 31.8 Å². The number of carbonyl (C=O) groups excluding carboxylic acids is 2. The molecule has 1 fully saturated rings. The summed E-state index contributed by atoms with van der Waals surface area (Å²) in [5.74, 6) is 1.97. The SMILES string of the molecule is Cc1cc(NC(=O)CSCC(=O)NNC(=S)N[C@H]2CCC[C@H](C)[C@@H]2C)no1. The molecule has 2 rings (SSSR count). The number of hydrogen-bond donors (Lipinski definition) is 4. The first-order valence-corrected chi connectivity index (χ1v) is 10.6. The Hall–Kier alpha value is -1.81. The molecule has 0 aromatic carbocycles. The van der Waals surface area contributed by atoms with Gasteiger partial charge in [0.25, 0.3) is 0 Å². The van der Waals surface area contributed by atoms with Crippen LogP contribution in [0.15, 0.2) is 10.6 Å². The molecule has 1 aliphatic rings. The third kappa shape index (κ3) is 7.37. The van der Waals surface area contributed by atoms with Crippen LogP contribution in [0.1, 0.15) is 38.9 Å². The van der Waals surface area contributed by atoms with E-state index in [1.54, 1.807) is 13.0 Å². The standard InChI is InChI=1S/C17H27N5O3S2/c1-10-5-4-6-13(12(10)3)18-17(26)21-20-16(24)9-27-8-15(23)19-14-7-11(2)25-22-14/h7,10,12-13H,4-6,8-9H2,1-3H3,(H,20,24)(H2,18,21,26)(H,19,22,23)/t10-,12-,13-/m0/s1. The predicted octanol–water partition coefficient (Wildman–Crippen LogP) is 1.97. The second-order valence-corrected chi connectivity index (χ2v) is 8.28. The molecule has 0 aliphatic heterocycles. The van der Waals surface area contributed by atoms with Crippen molar-refractivity contribution in [2.24, 2.45) is 11.8 Å². The first-order chi connectivity index (χ1) is 12.8. The molecule has 27 heavy (non-hydrogen) atoms. The predicted molar refractivity (Wildman–Crippen MR) is 110 cm³/mol. The molecule has 0 bridgehead atoms. The van der Waals surface area contributed by atoms with Crippen molar-refractivity contribution in [2.75, 3.05) is 16.8 Å². The maximum atomic E-state index is 11.9. The van der Waals surface area contributed by atoms with Crippen molar-refractivity contribution >= 4 is 46.7 Å². The van der Waals surface area contributed by atoms with Crippen molar-refractivity contribution < 1.29 is 14.1 Å². The average molecular weight is 414 g/mol. The molecule has 0 saturated heterocycles. The summed E-state index contributed by atoms with van der Waals surface area (Å²) >= 11 is 6.45. The Morgan fingerprint density at radius 1 is 1.26 bits per heavy atom. The van der Waals surface area contributed by atoms with E-state index >= 15 is 0 Å². The molecular formula is C17H27N5O3S2. The maximum absolute atomic E-state index is 11.9. The van der Waals surface area contributed by atoms with Gasteiger partial charge in [0.1, 0.15) is 5.76 Å². The summed E-state index contributed by atoms with van der Waals surface area (Å²) < 4.78 is 4.87. The monoisotopic (exact) mass is 413 g/mol. The van der Waals surface area contributed by atoms with Gasteiger partial charge in [0.05, 0.1) is 11.5 Å². The van der Waals surface area contributed by atoms with Gasteiger partial charge in [-0.25, -0.2) is 0 Å². The number of thioether (sulfide) groups is 1. The van der Waals surface area contributed by atoms with Crippen LogP contribution in [0, 0.1) is 18.8 Å². The van der Waals surface area contributed by atoms with Crippen LogP contribution in [0.5, 0.6) is 0 Å². The topological polar surface area (TPSA) is 108 Å². The number of carbonyl (C=O) groups is 2. The van der Waals surface area contributed by atoms with E-state index in [0.29, 0.717) is 34.6 Å². The van der Waals surface area contributed by atoms with Crippen LogP contribution in [-0.2, 0) is 9.59 Å². The van der Waals surface area contributed by atoms with Crippen LogP contribution in [0.2, 0.25) is 0 Å². The number of aryl methyl sites for hydroxylation is 1. The van der Waals surface area contributed by atoms with Crippen LogP contribution in [0.3, 0.4) is 0 Å². The first kappa shape index (κ1) is 21.5. The molecule has 150 valence electrons. The number of thiocarbonyl (C=S) groups is 1. The number of nitrogens with zero attached hydrogens (tertiary/aromatic N) is 1. The summed E-state index contributed by atoms with van der Waals surface area (Å²) in [5.41, 5.74) is 5.28. The molecule has 1 aromatic rings. The first-order valence-electron chi connectivity index (χ1n) is 9.01. The summed E-state index contributed by atoms with van der Waals surface area (Å²) in [4.78, 5) is 23.6. The van der Waals surface area contributed by atoms with Gasteiger partial charge in [-0.3, -0.25) is 20.4 Å². The normalized spacial score (nSPS) is 22.0. The number of aromatic nitrogens is 1. The molecule has 1 aromatic heterocycles. The Morgan fingerprint density at radius 2 is 2.00 bits per heavy atom. The van der Waals surface area contributed by atoms with Crippen molar-refractivity contribution in [3.8, 4) is 0 Å².